The van der Waals surface area contributed by atoms with Crippen molar-refractivity contribution in [1.82, 2.24) is 9.59 Å². The Morgan fingerprint density at radius 2 is 2.40 bits per heavy atom. The molecule has 0 saturated heterocycles. The third kappa shape index (κ3) is 3.32. The van der Waals surface area contributed by atoms with Gasteiger partial charge in [-0.15, -0.1) is 5.10 Å². The Morgan fingerprint density at radius 1 is 1.55 bits per heavy atom. The predicted octanol–water partition coefficient (Wildman–Crippen LogP) is 1.14. The number of amides is 1. The number of methoxy groups -OCH3 is 1. The van der Waals surface area contributed by atoms with Gasteiger partial charge in [-0.05, 0) is 18.2 Å². The molecule has 1 heterocycles. The van der Waals surface area contributed by atoms with Crippen molar-refractivity contribution in [3.05, 3.63) is 35.5 Å². The molecular weight excluding hydrogens is 278 g/mol. The number of rotatable bonds is 3. The molecule has 0 aliphatic carbocycles. The van der Waals surface area contributed by atoms with Crippen molar-refractivity contribution >= 4 is 22.4 Å². The molecule has 0 atom stereocenters. The van der Waals surface area contributed by atoms with Crippen molar-refractivity contribution in [3.63, 3.8) is 0 Å². The molecule has 2 aromatic rings. The number of ether oxygens (including phenoxy) is 1. The highest BCUT2D eigenvalue weighted by atomic mass is 32.1. The van der Waals surface area contributed by atoms with E-state index in [-0.39, 0.29) is 12.5 Å². The minimum Gasteiger partial charge on any atom is -0.495 e. The molecule has 0 radical (unpaired) electrons. The van der Waals surface area contributed by atoms with Crippen LogP contribution in [0.3, 0.4) is 0 Å². The Balaban J connectivity index is 2.26. The molecule has 6 nitrogen and oxygen atoms in total. The third-order valence-corrected chi connectivity index (χ3v) is 2.94. The highest BCUT2D eigenvalue weighted by molar-refractivity contribution is 7.10. The van der Waals surface area contributed by atoms with Gasteiger partial charge in [0.2, 0.25) is 0 Å². The van der Waals surface area contributed by atoms with E-state index in [0.717, 1.165) is 11.5 Å². The number of benzene rings is 1. The van der Waals surface area contributed by atoms with Crippen molar-refractivity contribution in [2.24, 2.45) is 0 Å². The van der Waals surface area contributed by atoms with Crippen LogP contribution in [0.4, 0.5) is 5.00 Å². The molecule has 20 heavy (non-hydrogen) atoms. The lowest BCUT2D eigenvalue weighted by Gasteiger charge is -2.06. The van der Waals surface area contributed by atoms with Crippen LogP contribution in [0.25, 0.3) is 0 Å². The summed E-state index contributed by atoms with van der Waals surface area (Å²) in [5.41, 5.74) is 0.970. The fourth-order valence-corrected chi connectivity index (χ4v) is 1.90. The van der Waals surface area contributed by atoms with Gasteiger partial charge in [-0.25, -0.2) is 0 Å². The Kier molecular flexibility index (Phi) is 4.65. The fraction of sp³-hybridized carbons (Fsp3) is 0.154. The summed E-state index contributed by atoms with van der Waals surface area (Å²) in [7, 11) is 1.52. The van der Waals surface area contributed by atoms with Crippen LogP contribution in [-0.4, -0.2) is 34.3 Å². The zero-order valence-electron chi connectivity index (χ0n) is 10.6. The summed E-state index contributed by atoms with van der Waals surface area (Å²) in [5.74, 6) is 5.52. The fourth-order valence-electron chi connectivity index (χ4n) is 1.49. The molecule has 0 aliphatic rings. The third-order valence-electron chi connectivity index (χ3n) is 2.36. The van der Waals surface area contributed by atoms with Crippen LogP contribution in [0, 0.1) is 11.8 Å². The number of aromatic nitrogens is 2. The first-order chi connectivity index (χ1) is 9.74. The van der Waals surface area contributed by atoms with Crippen molar-refractivity contribution in [1.29, 1.82) is 0 Å². The lowest BCUT2D eigenvalue weighted by Crippen LogP contribution is -2.11. The number of aliphatic hydroxyl groups is 1. The van der Waals surface area contributed by atoms with Gasteiger partial charge < -0.3 is 15.2 Å². The number of aliphatic hydroxyl groups excluding tert-OH is 1. The standard InChI is InChI=1S/C13H11N3O3S/c1-19-11-5-4-10(7-9(11)3-2-6-17)13(18)15-12-8-14-16-20-12/h4-5,7-8,17H,6H2,1H3,(H,15,18). The summed E-state index contributed by atoms with van der Waals surface area (Å²) in [6.45, 7) is -0.258. The van der Waals surface area contributed by atoms with Gasteiger partial charge in [-0.1, -0.05) is 16.3 Å². The number of carbonyl (C=O) groups is 1. The van der Waals surface area contributed by atoms with Gasteiger partial charge in [0.25, 0.3) is 5.91 Å². The molecule has 2 rings (SSSR count). The zero-order chi connectivity index (χ0) is 14.4. The minimum absolute atomic E-state index is 0.258. The summed E-state index contributed by atoms with van der Waals surface area (Å²) in [4.78, 5) is 12.0. The van der Waals surface area contributed by atoms with Gasteiger partial charge in [-0.2, -0.15) is 0 Å². The SMILES string of the molecule is COc1ccc(C(=O)Nc2cnns2)cc1C#CCO. The summed E-state index contributed by atoms with van der Waals surface area (Å²) in [6, 6.07) is 4.89. The second-order valence-corrected chi connectivity index (χ2v) is 4.40. The zero-order valence-corrected chi connectivity index (χ0v) is 11.4. The van der Waals surface area contributed by atoms with Crippen molar-refractivity contribution in [2.75, 3.05) is 19.0 Å². The second kappa shape index (κ2) is 6.65. The van der Waals surface area contributed by atoms with E-state index >= 15 is 0 Å². The molecule has 0 aliphatic heterocycles. The van der Waals surface area contributed by atoms with Crippen LogP contribution in [-0.2, 0) is 0 Å². The predicted molar refractivity (Wildman–Crippen MR) is 74.8 cm³/mol. The monoisotopic (exact) mass is 289 g/mol. The molecular formula is C13H11N3O3S. The number of nitrogens with zero attached hydrogens (tertiary/aromatic N) is 2. The van der Waals surface area contributed by atoms with E-state index < -0.39 is 0 Å². The van der Waals surface area contributed by atoms with E-state index in [2.05, 4.69) is 26.7 Å². The molecule has 2 N–H and O–H groups in total. The van der Waals surface area contributed by atoms with Crippen molar-refractivity contribution in [2.45, 2.75) is 0 Å². The first kappa shape index (κ1) is 14.0. The maximum atomic E-state index is 12.0. The minimum atomic E-state index is -0.286. The van der Waals surface area contributed by atoms with Crippen LogP contribution in [0.5, 0.6) is 5.75 Å². The Labute approximate surface area is 119 Å². The highest BCUT2D eigenvalue weighted by Gasteiger charge is 2.10. The number of anilines is 1. The van der Waals surface area contributed by atoms with E-state index in [0.29, 0.717) is 21.9 Å². The summed E-state index contributed by atoms with van der Waals surface area (Å²) in [6.07, 6.45) is 1.47. The van der Waals surface area contributed by atoms with Crippen LogP contribution in [0.2, 0.25) is 0 Å². The second-order valence-electron chi connectivity index (χ2n) is 3.61. The molecule has 1 amide bonds. The van der Waals surface area contributed by atoms with Crippen LogP contribution in [0.15, 0.2) is 24.4 Å². The van der Waals surface area contributed by atoms with E-state index in [4.69, 9.17) is 9.84 Å². The number of carbonyl (C=O) groups excluding carboxylic acids is 1. The van der Waals surface area contributed by atoms with Crippen LogP contribution >= 0.6 is 11.5 Å². The number of nitrogens with one attached hydrogen (secondary N) is 1. The normalized spacial score (nSPS) is 9.50. The summed E-state index contributed by atoms with van der Waals surface area (Å²) in [5, 5.41) is 15.6. The smallest absolute Gasteiger partial charge is 0.256 e. The molecule has 1 aromatic heterocycles. The molecule has 0 saturated carbocycles. The topological polar surface area (TPSA) is 84.3 Å². The van der Waals surface area contributed by atoms with E-state index in [1.165, 1.54) is 13.3 Å². The van der Waals surface area contributed by atoms with Gasteiger partial charge in [0.1, 0.15) is 17.4 Å². The van der Waals surface area contributed by atoms with Gasteiger partial charge in [0.15, 0.2) is 0 Å². The lowest BCUT2D eigenvalue weighted by atomic mass is 10.1. The van der Waals surface area contributed by atoms with Gasteiger partial charge in [0.05, 0.1) is 18.9 Å². The van der Waals surface area contributed by atoms with E-state index in [1.54, 1.807) is 18.2 Å². The quantitative estimate of drug-likeness (QED) is 0.828. The van der Waals surface area contributed by atoms with E-state index in [9.17, 15) is 4.79 Å². The Morgan fingerprint density at radius 3 is 3.05 bits per heavy atom. The van der Waals surface area contributed by atoms with Crippen molar-refractivity contribution < 1.29 is 14.6 Å². The summed E-state index contributed by atoms with van der Waals surface area (Å²) < 4.78 is 8.81. The number of hydrogen-bond donors (Lipinski definition) is 2. The Bertz CT molecular complexity index is 659. The van der Waals surface area contributed by atoms with Crippen LogP contribution in [0.1, 0.15) is 15.9 Å². The highest BCUT2D eigenvalue weighted by Crippen LogP contribution is 2.20. The maximum Gasteiger partial charge on any atom is 0.256 e. The molecule has 0 spiro atoms. The first-order valence-corrected chi connectivity index (χ1v) is 6.38. The van der Waals surface area contributed by atoms with Crippen LogP contribution < -0.4 is 10.1 Å². The maximum absolute atomic E-state index is 12.0. The van der Waals surface area contributed by atoms with Gasteiger partial charge in [0, 0.05) is 17.1 Å². The van der Waals surface area contributed by atoms with Gasteiger partial charge >= 0.3 is 0 Å². The molecule has 0 unspecified atom stereocenters. The number of hydrogen-bond acceptors (Lipinski definition) is 6. The van der Waals surface area contributed by atoms with Crippen molar-refractivity contribution in [3.8, 4) is 17.6 Å². The largest absolute Gasteiger partial charge is 0.495 e. The van der Waals surface area contributed by atoms with E-state index in [1.807, 2.05) is 0 Å². The Hall–Kier alpha value is -2.43. The summed E-state index contributed by atoms with van der Waals surface area (Å²) >= 11 is 1.09. The molecule has 0 fully saturated rings. The molecule has 0 bridgehead atoms. The van der Waals surface area contributed by atoms with Gasteiger partial charge in [-0.3, -0.25) is 4.79 Å². The molecule has 1 aromatic carbocycles. The first-order valence-electron chi connectivity index (χ1n) is 5.61. The molecule has 102 valence electrons. The lowest BCUT2D eigenvalue weighted by molar-refractivity contribution is 0.102. The average Bonchev–Trinajstić information content (AvgIpc) is 2.97. The molecule has 7 heteroatoms. The average molecular weight is 289 g/mol.